The maximum absolute atomic E-state index is 13.9. The molecule has 0 saturated carbocycles. The molecule has 31 heavy (non-hydrogen) atoms. The molecule has 0 aliphatic carbocycles. The lowest BCUT2D eigenvalue weighted by molar-refractivity contribution is 0.495. The fourth-order valence-corrected chi connectivity index (χ4v) is 5.23. The zero-order valence-electron chi connectivity index (χ0n) is 16.1. The van der Waals surface area contributed by atoms with Crippen molar-refractivity contribution in [2.24, 2.45) is 0 Å². The first kappa shape index (κ1) is 21.3. The van der Waals surface area contributed by atoms with Gasteiger partial charge in [0, 0.05) is 39.9 Å². The number of nitrogens with zero attached hydrogens (tertiary/aromatic N) is 2. The Bertz CT molecular complexity index is 1420. The van der Waals surface area contributed by atoms with Crippen molar-refractivity contribution in [3.8, 4) is 22.9 Å². The van der Waals surface area contributed by atoms with Gasteiger partial charge in [0.1, 0.15) is 11.6 Å². The van der Waals surface area contributed by atoms with Gasteiger partial charge in [-0.15, -0.1) is 0 Å². The summed E-state index contributed by atoms with van der Waals surface area (Å²) in [5.41, 5.74) is 2.03. The van der Waals surface area contributed by atoms with Gasteiger partial charge in [0.25, 0.3) is 7.37 Å². The van der Waals surface area contributed by atoms with Crippen LogP contribution in [-0.2, 0) is 4.57 Å². The molecule has 3 aromatic carbocycles. The third-order valence-electron chi connectivity index (χ3n) is 4.64. The number of nitriles is 1. The Hall–Kier alpha value is -2.90. The monoisotopic (exact) mass is 470 g/mol. The minimum absolute atomic E-state index is 0.00405. The molecule has 0 aliphatic heterocycles. The fourth-order valence-electron chi connectivity index (χ4n) is 3.34. The van der Waals surface area contributed by atoms with E-state index in [-0.39, 0.29) is 11.3 Å². The number of halogens is 3. The first-order valence-electron chi connectivity index (χ1n) is 9.09. The molecular formula is C23H14Cl2FN2O2P. The van der Waals surface area contributed by atoms with Gasteiger partial charge in [-0.25, -0.2) is 4.39 Å². The average Bonchev–Trinajstić information content (AvgIpc) is 2.71. The van der Waals surface area contributed by atoms with Crippen molar-refractivity contribution in [2.75, 3.05) is 6.66 Å². The van der Waals surface area contributed by atoms with Gasteiger partial charge in [-0.2, -0.15) is 5.26 Å². The SMILES string of the molecule is CP(=O)(Oc1cc(F)cc(C#N)c1)c1cnc2cc(Cl)ccc2c1-c1cccc(Cl)c1. The second kappa shape index (κ2) is 8.32. The van der Waals surface area contributed by atoms with Gasteiger partial charge < -0.3 is 4.52 Å². The predicted octanol–water partition coefficient (Wildman–Crippen LogP) is 6.83. The zero-order chi connectivity index (χ0) is 22.2. The summed E-state index contributed by atoms with van der Waals surface area (Å²) >= 11 is 12.3. The van der Waals surface area contributed by atoms with Crippen LogP contribution in [-0.4, -0.2) is 11.6 Å². The third kappa shape index (κ3) is 4.43. The summed E-state index contributed by atoms with van der Waals surface area (Å²) in [5.74, 6) is -0.661. The maximum atomic E-state index is 13.9. The molecule has 154 valence electrons. The van der Waals surface area contributed by atoms with Crippen LogP contribution in [0.15, 0.2) is 66.9 Å². The third-order valence-corrected chi connectivity index (χ3v) is 6.89. The van der Waals surface area contributed by atoms with Crippen LogP contribution in [0.4, 0.5) is 4.39 Å². The Labute approximate surface area is 188 Å². The first-order chi connectivity index (χ1) is 14.8. The molecule has 1 unspecified atom stereocenters. The number of hydrogen-bond donors (Lipinski definition) is 0. The van der Waals surface area contributed by atoms with Gasteiger partial charge in [0.2, 0.25) is 0 Å². The molecule has 4 nitrogen and oxygen atoms in total. The van der Waals surface area contributed by atoms with Crippen LogP contribution in [0.1, 0.15) is 5.56 Å². The lowest BCUT2D eigenvalue weighted by Gasteiger charge is -2.20. The second-order valence-corrected chi connectivity index (χ2v) is 10.1. The highest BCUT2D eigenvalue weighted by Gasteiger charge is 2.28. The highest BCUT2D eigenvalue weighted by Crippen LogP contribution is 2.46. The van der Waals surface area contributed by atoms with E-state index in [1.165, 1.54) is 18.9 Å². The molecule has 1 atom stereocenters. The van der Waals surface area contributed by atoms with Crippen molar-refractivity contribution in [3.63, 3.8) is 0 Å². The number of aromatic nitrogens is 1. The van der Waals surface area contributed by atoms with E-state index in [0.29, 0.717) is 31.8 Å². The second-order valence-electron chi connectivity index (χ2n) is 6.91. The zero-order valence-corrected chi connectivity index (χ0v) is 18.5. The number of fused-ring (bicyclic) bond motifs is 1. The van der Waals surface area contributed by atoms with Crippen molar-refractivity contribution in [3.05, 3.63) is 88.3 Å². The first-order valence-corrected chi connectivity index (χ1v) is 11.9. The van der Waals surface area contributed by atoms with Crippen LogP contribution in [0.5, 0.6) is 5.75 Å². The van der Waals surface area contributed by atoms with E-state index in [0.717, 1.165) is 17.7 Å². The molecule has 0 saturated heterocycles. The van der Waals surface area contributed by atoms with E-state index >= 15 is 0 Å². The molecule has 0 amide bonds. The molecule has 4 rings (SSSR count). The lowest BCUT2D eigenvalue weighted by atomic mass is 10.0. The van der Waals surface area contributed by atoms with Crippen molar-refractivity contribution < 1.29 is 13.5 Å². The molecule has 4 aromatic rings. The van der Waals surface area contributed by atoms with Gasteiger partial charge in [0.15, 0.2) is 0 Å². The molecule has 0 bridgehead atoms. The standard InChI is InChI=1S/C23H14Cl2FN2O2P/c1-31(29,30-19-8-14(12-27)7-18(26)11-19)22-13-28-21-10-17(25)5-6-20(21)23(22)15-3-2-4-16(24)9-15/h2-11,13H,1H3. The lowest BCUT2D eigenvalue weighted by Crippen LogP contribution is -2.14. The van der Waals surface area contributed by atoms with Gasteiger partial charge in [-0.3, -0.25) is 9.55 Å². The Kier molecular flexibility index (Phi) is 5.73. The van der Waals surface area contributed by atoms with E-state index in [4.69, 9.17) is 33.0 Å². The fraction of sp³-hybridized carbons (Fsp3) is 0.0435. The highest BCUT2D eigenvalue weighted by atomic mass is 35.5. The summed E-state index contributed by atoms with van der Waals surface area (Å²) in [6.07, 6.45) is 1.47. The Balaban J connectivity index is 1.93. The summed E-state index contributed by atoms with van der Waals surface area (Å²) in [7, 11) is -3.57. The van der Waals surface area contributed by atoms with Gasteiger partial charge in [-0.05, 0) is 42.0 Å². The van der Waals surface area contributed by atoms with Crippen molar-refractivity contribution in [1.29, 1.82) is 5.26 Å². The Morgan fingerprint density at radius 2 is 1.84 bits per heavy atom. The molecule has 0 aliphatic rings. The van der Waals surface area contributed by atoms with Crippen LogP contribution in [0.3, 0.4) is 0 Å². The minimum Gasteiger partial charge on any atom is -0.440 e. The number of benzene rings is 3. The summed E-state index contributed by atoms with van der Waals surface area (Å²) in [5, 5.41) is 11.2. The van der Waals surface area contributed by atoms with Crippen LogP contribution >= 0.6 is 30.6 Å². The number of hydrogen-bond acceptors (Lipinski definition) is 4. The predicted molar refractivity (Wildman–Crippen MR) is 122 cm³/mol. The molecule has 8 heteroatoms. The van der Waals surface area contributed by atoms with Crippen LogP contribution in [0.2, 0.25) is 10.0 Å². The van der Waals surface area contributed by atoms with Gasteiger partial charge in [-0.1, -0.05) is 41.4 Å². The van der Waals surface area contributed by atoms with Crippen molar-refractivity contribution in [1.82, 2.24) is 4.98 Å². The maximum Gasteiger partial charge on any atom is 0.276 e. The topological polar surface area (TPSA) is 63.0 Å². The summed E-state index contributed by atoms with van der Waals surface area (Å²) < 4.78 is 33.4. The Morgan fingerprint density at radius 1 is 1.06 bits per heavy atom. The number of rotatable bonds is 4. The van der Waals surface area contributed by atoms with E-state index in [1.807, 2.05) is 12.1 Å². The molecule has 0 spiro atoms. The van der Waals surface area contributed by atoms with Crippen LogP contribution < -0.4 is 9.83 Å². The van der Waals surface area contributed by atoms with Crippen LogP contribution in [0.25, 0.3) is 22.0 Å². The normalized spacial score (nSPS) is 12.9. The average molecular weight is 471 g/mol. The molecule has 1 aromatic heterocycles. The molecular weight excluding hydrogens is 457 g/mol. The highest BCUT2D eigenvalue weighted by molar-refractivity contribution is 7.66. The smallest absolute Gasteiger partial charge is 0.276 e. The molecule has 0 fully saturated rings. The summed E-state index contributed by atoms with van der Waals surface area (Å²) in [6, 6.07) is 17.7. The van der Waals surface area contributed by atoms with Crippen molar-refractivity contribution >= 4 is 46.8 Å². The summed E-state index contributed by atoms with van der Waals surface area (Å²) in [4.78, 5) is 4.41. The van der Waals surface area contributed by atoms with Crippen LogP contribution in [0, 0.1) is 17.1 Å². The van der Waals surface area contributed by atoms with E-state index in [1.54, 1.807) is 36.4 Å². The van der Waals surface area contributed by atoms with Crippen molar-refractivity contribution in [2.45, 2.75) is 0 Å². The Morgan fingerprint density at radius 3 is 2.58 bits per heavy atom. The van der Waals surface area contributed by atoms with E-state index < -0.39 is 13.2 Å². The van der Waals surface area contributed by atoms with E-state index in [9.17, 15) is 8.96 Å². The largest absolute Gasteiger partial charge is 0.440 e. The van der Waals surface area contributed by atoms with E-state index in [2.05, 4.69) is 4.98 Å². The molecule has 1 heterocycles. The molecule has 0 radical (unpaired) electrons. The number of pyridine rings is 1. The minimum atomic E-state index is -3.57. The summed E-state index contributed by atoms with van der Waals surface area (Å²) in [6.45, 7) is 1.43. The quantitative estimate of drug-likeness (QED) is 0.306. The molecule has 0 N–H and O–H groups in total. The van der Waals surface area contributed by atoms with Gasteiger partial charge in [0.05, 0.1) is 22.5 Å². The van der Waals surface area contributed by atoms with Gasteiger partial charge >= 0.3 is 0 Å².